The molecule has 210 valence electrons. The van der Waals surface area contributed by atoms with E-state index in [1.165, 1.54) is 16.9 Å². The lowest BCUT2D eigenvalue weighted by molar-refractivity contribution is -0.190. The fraction of sp³-hybridized carbons (Fsp3) is 0.667. The van der Waals surface area contributed by atoms with Gasteiger partial charge < -0.3 is 9.64 Å². The SMILES string of the molecule is C[C@@H](Oc1ccc2c(n1)CCN(CCC1(F)CCC(CC(=O)Cc3cn(C)nc3F)CC1)CC2)C(F)(F)F. The number of carbonyl (C=O) groups excluding carboxylic acids is 1. The van der Waals surface area contributed by atoms with Crippen molar-refractivity contribution in [2.24, 2.45) is 13.0 Å². The smallest absolute Gasteiger partial charge is 0.425 e. The summed E-state index contributed by atoms with van der Waals surface area (Å²) in [6, 6.07) is 3.25. The van der Waals surface area contributed by atoms with Gasteiger partial charge in [0.2, 0.25) is 11.8 Å². The van der Waals surface area contributed by atoms with Crippen LogP contribution in [0.15, 0.2) is 18.3 Å². The van der Waals surface area contributed by atoms with Gasteiger partial charge in [-0.15, -0.1) is 5.10 Å². The van der Waals surface area contributed by atoms with Crippen LogP contribution in [-0.4, -0.2) is 63.0 Å². The first-order valence-electron chi connectivity index (χ1n) is 13.2. The third kappa shape index (κ3) is 7.51. The van der Waals surface area contributed by atoms with Crippen molar-refractivity contribution < 1.29 is 31.5 Å². The third-order valence-corrected chi connectivity index (χ3v) is 7.80. The molecule has 0 radical (unpaired) electrons. The molecule has 2 aromatic heterocycles. The highest BCUT2D eigenvalue weighted by molar-refractivity contribution is 5.81. The van der Waals surface area contributed by atoms with Gasteiger partial charge in [0.1, 0.15) is 11.5 Å². The van der Waals surface area contributed by atoms with Gasteiger partial charge in [-0.3, -0.25) is 9.48 Å². The van der Waals surface area contributed by atoms with Gasteiger partial charge in [-0.2, -0.15) is 17.6 Å². The molecule has 38 heavy (non-hydrogen) atoms. The molecule has 0 unspecified atom stereocenters. The van der Waals surface area contributed by atoms with Gasteiger partial charge in [-0.05, 0) is 56.9 Å². The van der Waals surface area contributed by atoms with Gasteiger partial charge in [-0.25, -0.2) is 9.37 Å². The average molecular weight is 543 g/mol. The van der Waals surface area contributed by atoms with Gasteiger partial charge in [0.05, 0.1) is 0 Å². The summed E-state index contributed by atoms with van der Waals surface area (Å²) < 4.78 is 74.1. The van der Waals surface area contributed by atoms with Crippen LogP contribution >= 0.6 is 0 Å². The minimum atomic E-state index is -4.46. The molecule has 2 aliphatic rings. The minimum Gasteiger partial charge on any atom is -0.465 e. The summed E-state index contributed by atoms with van der Waals surface area (Å²) in [4.78, 5) is 18.9. The normalized spacial score (nSPS) is 23.5. The van der Waals surface area contributed by atoms with E-state index in [0.29, 0.717) is 70.0 Å². The van der Waals surface area contributed by atoms with Crippen LogP contribution in [0.4, 0.5) is 22.0 Å². The quantitative estimate of drug-likeness (QED) is 0.409. The van der Waals surface area contributed by atoms with Crippen molar-refractivity contribution in [3.8, 4) is 5.88 Å². The first-order valence-corrected chi connectivity index (χ1v) is 13.2. The molecule has 1 aliphatic heterocycles. The number of aryl methyl sites for hydroxylation is 1. The Hall–Kier alpha value is -2.56. The summed E-state index contributed by atoms with van der Waals surface area (Å²) in [5, 5.41) is 3.63. The molecule has 0 bridgehead atoms. The monoisotopic (exact) mass is 542 g/mol. The highest BCUT2D eigenvalue weighted by Crippen LogP contribution is 2.39. The molecule has 1 aliphatic carbocycles. The number of Topliss-reactive ketones (excluding diaryl/α,β-unsaturated/α-hetero) is 1. The number of fused-ring (bicyclic) bond motifs is 1. The number of rotatable bonds is 9. The Morgan fingerprint density at radius 1 is 1.21 bits per heavy atom. The molecule has 3 heterocycles. The van der Waals surface area contributed by atoms with Crippen molar-refractivity contribution in [1.29, 1.82) is 0 Å². The van der Waals surface area contributed by atoms with Crippen LogP contribution in [0.1, 0.15) is 62.3 Å². The Balaban J connectivity index is 1.21. The number of hydrogen-bond donors (Lipinski definition) is 0. The molecule has 0 spiro atoms. The standard InChI is InChI=1S/C27H35F5N4O2/c1-18(27(30,31)32)38-24-4-3-20-7-12-36(13-8-23(20)33-24)14-11-26(29)9-5-19(6-10-26)15-22(37)16-21-17-35(2)34-25(21)28/h3-4,17-19H,5-16H2,1-2H3/t18-,19?,26?/m1/s1. The van der Waals surface area contributed by atoms with E-state index in [1.54, 1.807) is 13.1 Å². The summed E-state index contributed by atoms with van der Waals surface area (Å²) in [6.45, 7) is 2.92. The van der Waals surface area contributed by atoms with E-state index in [-0.39, 0.29) is 24.0 Å². The first-order chi connectivity index (χ1) is 17.9. The van der Waals surface area contributed by atoms with Crippen LogP contribution in [-0.2, 0) is 31.1 Å². The van der Waals surface area contributed by atoms with Gasteiger partial charge in [0, 0.05) is 69.5 Å². The molecular weight excluding hydrogens is 507 g/mol. The number of hydrogen-bond acceptors (Lipinski definition) is 5. The van der Waals surface area contributed by atoms with Crippen molar-refractivity contribution in [2.75, 3.05) is 19.6 Å². The van der Waals surface area contributed by atoms with Crippen molar-refractivity contribution in [2.45, 2.75) is 82.7 Å². The second-order valence-corrected chi connectivity index (χ2v) is 10.8. The third-order valence-electron chi connectivity index (χ3n) is 7.80. The maximum Gasteiger partial charge on any atom is 0.425 e. The Bertz CT molecular complexity index is 1110. The number of ether oxygens (including phenoxy) is 1. The van der Waals surface area contributed by atoms with Crippen LogP contribution in [0.5, 0.6) is 5.88 Å². The zero-order chi connectivity index (χ0) is 27.5. The fourth-order valence-electron chi connectivity index (χ4n) is 5.39. The zero-order valence-electron chi connectivity index (χ0n) is 21.9. The van der Waals surface area contributed by atoms with Gasteiger partial charge in [-0.1, -0.05) is 6.07 Å². The van der Waals surface area contributed by atoms with Crippen molar-refractivity contribution in [1.82, 2.24) is 19.7 Å². The topological polar surface area (TPSA) is 60.2 Å². The highest BCUT2D eigenvalue weighted by Gasteiger charge is 2.39. The molecule has 1 atom stereocenters. The molecule has 0 aromatic carbocycles. The molecule has 1 fully saturated rings. The summed E-state index contributed by atoms with van der Waals surface area (Å²) in [5.74, 6) is -0.594. The second-order valence-electron chi connectivity index (χ2n) is 10.8. The molecular formula is C27H35F5N4O2. The Morgan fingerprint density at radius 2 is 1.92 bits per heavy atom. The Kier molecular flexibility index (Phi) is 8.74. The number of nitrogens with zero attached hydrogens (tertiary/aromatic N) is 4. The lowest BCUT2D eigenvalue weighted by Gasteiger charge is -2.35. The van der Waals surface area contributed by atoms with Crippen LogP contribution in [0.25, 0.3) is 0 Å². The maximum atomic E-state index is 15.6. The summed E-state index contributed by atoms with van der Waals surface area (Å²) in [7, 11) is 1.61. The van der Waals surface area contributed by atoms with Crippen molar-refractivity contribution >= 4 is 5.78 Å². The van der Waals surface area contributed by atoms with E-state index in [1.807, 2.05) is 0 Å². The molecule has 0 N–H and O–H groups in total. The van der Waals surface area contributed by atoms with Crippen LogP contribution in [0.3, 0.4) is 0 Å². The molecule has 11 heteroatoms. The zero-order valence-corrected chi connectivity index (χ0v) is 21.9. The number of halogens is 5. The van der Waals surface area contributed by atoms with E-state index in [0.717, 1.165) is 24.7 Å². The number of carbonyl (C=O) groups is 1. The number of pyridine rings is 1. The van der Waals surface area contributed by atoms with Gasteiger partial charge in [0.15, 0.2) is 6.10 Å². The molecule has 0 saturated heterocycles. The fourth-order valence-corrected chi connectivity index (χ4v) is 5.39. The molecule has 4 rings (SSSR count). The minimum absolute atomic E-state index is 0.0120. The van der Waals surface area contributed by atoms with Crippen LogP contribution < -0.4 is 4.74 Å². The molecule has 2 aromatic rings. The summed E-state index contributed by atoms with van der Waals surface area (Å²) in [5.41, 5.74) is 0.722. The number of alkyl halides is 4. The summed E-state index contributed by atoms with van der Waals surface area (Å²) >= 11 is 0. The lowest BCUT2D eigenvalue weighted by Crippen LogP contribution is -2.36. The first kappa shape index (κ1) is 28.4. The lowest BCUT2D eigenvalue weighted by atomic mass is 9.76. The second kappa shape index (κ2) is 11.7. The predicted octanol–water partition coefficient (Wildman–Crippen LogP) is 5.17. The predicted molar refractivity (Wildman–Crippen MR) is 131 cm³/mol. The van der Waals surface area contributed by atoms with Crippen molar-refractivity contribution in [3.63, 3.8) is 0 Å². The van der Waals surface area contributed by atoms with E-state index in [2.05, 4.69) is 15.0 Å². The van der Waals surface area contributed by atoms with Crippen LogP contribution in [0, 0.1) is 11.9 Å². The van der Waals surface area contributed by atoms with E-state index in [4.69, 9.17) is 4.74 Å². The molecule has 1 saturated carbocycles. The van der Waals surface area contributed by atoms with Crippen molar-refractivity contribution in [3.05, 3.63) is 41.1 Å². The number of ketones is 1. The van der Waals surface area contributed by atoms with Gasteiger partial charge >= 0.3 is 6.18 Å². The van der Waals surface area contributed by atoms with E-state index < -0.39 is 23.9 Å². The average Bonchev–Trinajstić information content (AvgIpc) is 3.03. The maximum absolute atomic E-state index is 15.6. The molecule has 6 nitrogen and oxygen atoms in total. The Morgan fingerprint density at radius 3 is 2.58 bits per heavy atom. The highest BCUT2D eigenvalue weighted by atomic mass is 19.4. The Labute approximate surface area is 219 Å². The van der Waals surface area contributed by atoms with E-state index >= 15 is 4.39 Å². The van der Waals surface area contributed by atoms with Gasteiger partial charge in [0.25, 0.3) is 0 Å². The number of aromatic nitrogens is 3. The molecule has 0 amide bonds. The van der Waals surface area contributed by atoms with Crippen LogP contribution in [0.2, 0.25) is 0 Å². The largest absolute Gasteiger partial charge is 0.465 e. The van der Waals surface area contributed by atoms with E-state index in [9.17, 15) is 22.4 Å². The summed E-state index contributed by atoms with van der Waals surface area (Å²) in [6.07, 6.45) is -0.817.